The first-order valence-electron chi connectivity index (χ1n) is 15.3. The van der Waals surface area contributed by atoms with E-state index < -0.39 is 5.79 Å². The van der Waals surface area contributed by atoms with Gasteiger partial charge >= 0.3 is 0 Å². The predicted molar refractivity (Wildman–Crippen MR) is 142 cm³/mol. The highest BCUT2D eigenvalue weighted by molar-refractivity contribution is 5.54. The van der Waals surface area contributed by atoms with Crippen LogP contribution in [0.5, 0.6) is 0 Å². The van der Waals surface area contributed by atoms with Gasteiger partial charge in [0.05, 0.1) is 0 Å². The monoisotopic (exact) mass is 512 g/mol. The summed E-state index contributed by atoms with van der Waals surface area (Å²) in [5.41, 5.74) is 3.56. The zero-order valence-corrected chi connectivity index (χ0v) is 23.3. The molecule has 0 aromatic heterocycles. The Kier molecular flexibility index (Phi) is 7.22. The number of rotatable bonds is 6. The maximum Gasteiger partial charge on any atom is 0.178 e. The Morgan fingerprint density at radius 2 is 1.57 bits per heavy atom. The van der Waals surface area contributed by atoms with Crippen molar-refractivity contribution in [2.24, 2.45) is 34.5 Å². The molecule has 0 aromatic rings. The number of hydrogen-bond donors (Lipinski definition) is 0. The lowest BCUT2D eigenvalue weighted by atomic mass is 9.50. The highest BCUT2D eigenvalue weighted by Gasteiger charge is 2.59. The molecule has 6 rings (SSSR count). The summed E-state index contributed by atoms with van der Waals surface area (Å²) < 4.78 is 25.6. The number of carbonyl (C=O) groups excluding carboxylic acids is 1. The number of hydrogen-bond acceptors (Lipinski definition) is 5. The van der Waals surface area contributed by atoms with Crippen LogP contribution in [-0.4, -0.2) is 37.9 Å². The zero-order valence-electron chi connectivity index (χ0n) is 23.3. The van der Waals surface area contributed by atoms with E-state index in [1.807, 2.05) is 0 Å². The second-order valence-electron chi connectivity index (χ2n) is 13.5. The van der Waals surface area contributed by atoms with Crippen molar-refractivity contribution >= 4 is 6.29 Å². The molecule has 37 heavy (non-hydrogen) atoms. The van der Waals surface area contributed by atoms with E-state index >= 15 is 0 Å². The van der Waals surface area contributed by atoms with E-state index in [4.69, 9.17) is 18.9 Å². The number of fused-ring (bicyclic) bond motifs is 5. The van der Waals surface area contributed by atoms with Crippen LogP contribution in [0, 0.1) is 34.5 Å². The van der Waals surface area contributed by atoms with Crippen molar-refractivity contribution in [3.63, 3.8) is 0 Å². The van der Waals surface area contributed by atoms with Gasteiger partial charge < -0.3 is 23.7 Å². The lowest BCUT2D eigenvalue weighted by Crippen LogP contribution is -2.53. The summed E-state index contributed by atoms with van der Waals surface area (Å²) >= 11 is 0. The van der Waals surface area contributed by atoms with Crippen LogP contribution in [0.15, 0.2) is 23.3 Å². The van der Waals surface area contributed by atoms with Crippen LogP contribution in [-0.2, 0) is 23.7 Å². The summed E-state index contributed by atoms with van der Waals surface area (Å²) in [6, 6.07) is 0. The summed E-state index contributed by atoms with van der Waals surface area (Å²) in [6.45, 7) is 8.69. The third-order valence-corrected chi connectivity index (χ3v) is 11.5. The van der Waals surface area contributed by atoms with Gasteiger partial charge in [0.15, 0.2) is 18.4 Å². The average Bonchev–Trinajstić information content (AvgIpc) is 3.27. The minimum absolute atomic E-state index is 0.150. The highest BCUT2D eigenvalue weighted by Crippen LogP contribution is 2.66. The van der Waals surface area contributed by atoms with Gasteiger partial charge in [-0.05, 0) is 99.2 Å². The quantitative estimate of drug-likeness (QED) is 0.281. The van der Waals surface area contributed by atoms with Gasteiger partial charge in [-0.25, -0.2) is 0 Å². The number of carbonyl (C=O) groups is 1. The fourth-order valence-electron chi connectivity index (χ4n) is 9.26. The molecule has 5 nitrogen and oxygen atoms in total. The molecule has 2 saturated heterocycles. The molecule has 3 saturated carbocycles. The Balaban J connectivity index is 1.27. The largest absolute Gasteiger partial charge is 0.353 e. The fourth-order valence-corrected chi connectivity index (χ4v) is 9.26. The summed E-state index contributed by atoms with van der Waals surface area (Å²) in [4.78, 5) is 11.7. The van der Waals surface area contributed by atoms with Crippen molar-refractivity contribution in [3.05, 3.63) is 23.3 Å². The molecule has 5 fully saturated rings. The van der Waals surface area contributed by atoms with Crippen LogP contribution in [0.1, 0.15) is 104 Å². The molecular weight excluding hydrogens is 464 g/mol. The molecule has 5 heteroatoms. The third-order valence-electron chi connectivity index (χ3n) is 11.5. The highest BCUT2D eigenvalue weighted by atomic mass is 16.8. The van der Waals surface area contributed by atoms with Crippen LogP contribution in [0.3, 0.4) is 0 Å². The molecule has 8 atom stereocenters. The third kappa shape index (κ3) is 4.60. The molecule has 0 N–H and O–H groups in total. The lowest BCUT2D eigenvalue weighted by molar-refractivity contribution is -0.368. The van der Waals surface area contributed by atoms with Crippen molar-refractivity contribution in [2.45, 2.75) is 123 Å². The molecule has 2 aliphatic heterocycles. The van der Waals surface area contributed by atoms with Crippen molar-refractivity contribution in [3.8, 4) is 0 Å². The zero-order chi connectivity index (χ0) is 25.7. The Labute approximate surface area is 223 Å². The summed E-state index contributed by atoms with van der Waals surface area (Å²) in [7, 11) is 0. The Morgan fingerprint density at radius 1 is 0.865 bits per heavy atom. The number of allylic oxidation sites excluding steroid dienone is 3. The molecule has 3 unspecified atom stereocenters. The molecule has 2 heterocycles. The van der Waals surface area contributed by atoms with E-state index in [2.05, 4.69) is 32.9 Å². The second-order valence-corrected chi connectivity index (χ2v) is 13.5. The molecular formula is C32H48O5. The molecule has 4 aliphatic carbocycles. The van der Waals surface area contributed by atoms with Gasteiger partial charge in [-0.1, -0.05) is 44.1 Å². The Bertz CT molecular complexity index is 892. The minimum Gasteiger partial charge on any atom is -0.353 e. The lowest BCUT2D eigenvalue weighted by Gasteiger charge is -2.57. The molecule has 0 bridgehead atoms. The Morgan fingerprint density at radius 3 is 2.19 bits per heavy atom. The van der Waals surface area contributed by atoms with Crippen molar-refractivity contribution in [2.75, 3.05) is 13.2 Å². The maximum atomic E-state index is 11.7. The van der Waals surface area contributed by atoms with Crippen LogP contribution < -0.4 is 0 Å². The molecule has 0 radical (unpaired) electrons. The molecule has 0 amide bonds. The summed E-state index contributed by atoms with van der Waals surface area (Å²) in [5.74, 6) is 1.21. The van der Waals surface area contributed by atoms with Gasteiger partial charge in [0, 0.05) is 32.0 Å². The molecule has 0 spiro atoms. The van der Waals surface area contributed by atoms with E-state index in [9.17, 15) is 4.79 Å². The van der Waals surface area contributed by atoms with Crippen molar-refractivity contribution < 1.29 is 23.7 Å². The van der Waals surface area contributed by atoms with Crippen LogP contribution >= 0.6 is 0 Å². The van der Waals surface area contributed by atoms with Crippen molar-refractivity contribution in [1.82, 2.24) is 0 Å². The number of aldehydes is 1. The van der Waals surface area contributed by atoms with Gasteiger partial charge in [-0.3, -0.25) is 0 Å². The Hall–Kier alpha value is -1.01. The van der Waals surface area contributed by atoms with Gasteiger partial charge in [-0.15, -0.1) is 0 Å². The summed E-state index contributed by atoms with van der Waals surface area (Å²) in [5, 5.41) is 0. The SMILES string of the molecule is CC(C=O)[C@H]1CC[C@H]2C3=CC=C4CC(OC5CCCCO5)(OC5CCCCO5)CC[C@]4(C)[C@H]3CC[C@]12C. The van der Waals surface area contributed by atoms with E-state index in [-0.39, 0.29) is 29.3 Å². The minimum atomic E-state index is -0.665. The second kappa shape index (κ2) is 10.2. The normalized spacial score (nSPS) is 46.6. The average molecular weight is 513 g/mol. The standard InChI is InChI=1S/C32H48O5/c1-22(21-33)25-12-13-26-24-11-10-23-20-32(36-28-8-4-6-18-34-28,37-29-9-5-7-19-35-29)17-16-30(23,2)27(24)14-15-31(25,26)3/h10-11,21-22,25-29H,4-9,12-20H2,1-3H3/t22?,25-,26+,27+,28?,29?,30+,31-,32?/m1/s1. The van der Waals surface area contributed by atoms with Crippen LogP contribution in [0.4, 0.5) is 0 Å². The van der Waals surface area contributed by atoms with Crippen LogP contribution in [0.2, 0.25) is 0 Å². The maximum absolute atomic E-state index is 11.7. The fraction of sp³-hybridized carbons (Fsp3) is 0.844. The predicted octanol–water partition coefficient (Wildman–Crippen LogP) is 7.10. The van der Waals surface area contributed by atoms with Gasteiger partial charge in [0.1, 0.15) is 6.29 Å². The van der Waals surface area contributed by atoms with E-state index in [1.165, 1.54) is 37.5 Å². The topological polar surface area (TPSA) is 54.0 Å². The van der Waals surface area contributed by atoms with Gasteiger partial charge in [0.25, 0.3) is 0 Å². The van der Waals surface area contributed by atoms with E-state index in [0.29, 0.717) is 17.8 Å². The first-order chi connectivity index (χ1) is 17.9. The van der Waals surface area contributed by atoms with Crippen LogP contribution in [0.25, 0.3) is 0 Å². The molecule has 206 valence electrons. The van der Waals surface area contributed by atoms with E-state index in [0.717, 1.165) is 71.0 Å². The smallest absolute Gasteiger partial charge is 0.178 e. The van der Waals surface area contributed by atoms with E-state index in [1.54, 1.807) is 5.57 Å². The molecule has 0 aromatic carbocycles. The van der Waals surface area contributed by atoms with Crippen molar-refractivity contribution in [1.29, 1.82) is 0 Å². The first kappa shape index (κ1) is 26.2. The molecule has 6 aliphatic rings. The van der Waals surface area contributed by atoms with Gasteiger partial charge in [-0.2, -0.15) is 0 Å². The van der Waals surface area contributed by atoms with Gasteiger partial charge in [0.2, 0.25) is 0 Å². The number of ether oxygens (including phenoxy) is 4. The first-order valence-corrected chi connectivity index (χ1v) is 15.3. The summed E-state index contributed by atoms with van der Waals surface area (Å²) in [6.07, 6.45) is 19.8.